The Bertz CT molecular complexity index is 381. The number of halogens is 2. The second-order valence-corrected chi connectivity index (χ2v) is 5.25. The number of hydrogen-bond acceptors (Lipinski definition) is 2. The van der Waals surface area contributed by atoms with Crippen LogP contribution < -0.4 is 0 Å². The van der Waals surface area contributed by atoms with Crippen molar-refractivity contribution in [2.45, 2.75) is 26.3 Å². The van der Waals surface area contributed by atoms with E-state index in [-0.39, 0.29) is 0 Å². The van der Waals surface area contributed by atoms with Crippen LogP contribution in [-0.4, -0.2) is 42.5 Å². The van der Waals surface area contributed by atoms with Crippen molar-refractivity contribution in [1.29, 1.82) is 0 Å². The van der Waals surface area contributed by atoms with E-state index >= 15 is 0 Å². The van der Waals surface area contributed by atoms with Crippen molar-refractivity contribution < 1.29 is 8.78 Å². The summed E-state index contributed by atoms with van der Waals surface area (Å²) < 4.78 is 26.2. The van der Waals surface area contributed by atoms with Gasteiger partial charge in [-0.1, -0.05) is 13.3 Å². The van der Waals surface area contributed by atoms with Crippen LogP contribution in [-0.2, 0) is 6.54 Å². The Morgan fingerprint density at radius 2 is 1.53 bits per heavy atom. The molecule has 0 N–H and O–H groups in total. The molecule has 2 rings (SSSR count). The average molecular weight is 268 g/mol. The standard InChI is InChI=1S/C15H22F2N2/c1-2-3-4-18-5-7-19(8-6-18)12-13-9-14(16)11-15(17)10-13/h9-11H,2-8,12H2,1H3. The van der Waals surface area contributed by atoms with Gasteiger partial charge < -0.3 is 4.90 Å². The van der Waals surface area contributed by atoms with Gasteiger partial charge in [-0.05, 0) is 30.7 Å². The summed E-state index contributed by atoms with van der Waals surface area (Å²) >= 11 is 0. The Morgan fingerprint density at radius 3 is 2.11 bits per heavy atom. The Balaban J connectivity index is 1.82. The van der Waals surface area contributed by atoms with Gasteiger partial charge in [0.05, 0.1) is 0 Å². The number of unbranched alkanes of at least 4 members (excludes halogenated alkanes) is 1. The van der Waals surface area contributed by atoms with Gasteiger partial charge in [-0.3, -0.25) is 4.90 Å². The van der Waals surface area contributed by atoms with Crippen molar-refractivity contribution in [2.24, 2.45) is 0 Å². The summed E-state index contributed by atoms with van der Waals surface area (Å²) in [5.74, 6) is -0.979. The molecule has 4 heteroatoms. The van der Waals surface area contributed by atoms with E-state index in [2.05, 4.69) is 16.7 Å². The van der Waals surface area contributed by atoms with Crippen LogP contribution in [0.25, 0.3) is 0 Å². The Labute approximate surface area is 114 Å². The molecule has 0 aromatic heterocycles. The summed E-state index contributed by atoms with van der Waals surface area (Å²) in [4.78, 5) is 4.73. The molecule has 1 aliphatic rings. The molecule has 19 heavy (non-hydrogen) atoms. The van der Waals surface area contributed by atoms with Crippen LogP contribution in [0, 0.1) is 11.6 Å². The molecule has 2 nitrogen and oxygen atoms in total. The van der Waals surface area contributed by atoms with Gasteiger partial charge in [-0.15, -0.1) is 0 Å². The molecule has 1 aromatic carbocycles. The van der Waals surface area contributed by atoms with Gasteiger partial charge >= 0.3 is 0 Å². The van der Waals surface area contributed by atoms with Gasteiger partial charge in [0.1, 0.15) is 11.6 Å². The molecule has 1 saturated heterocycles. The average Bonchev–Trinajstić information content (AvgIpc) is 2.37. The molecule has 0 amide bonds. The molecule has 0 atom stereocenters. The van der Waals surface area contributed by atoms with E-state index in [1.807, 2.05) is 0 Å². The fourth-order valence-electron chi connectivity index (χ4n) is 2.51. The molecule has 1 aliphatic heterocycles. The number of rotatable bonds is 5. The highest BCUT2D eigenvalue weighted by Gasteiger charge is 2.16. The zero-order chi connectivity index (χ0) is 13.7. The second kappa shape index (κ2) is 6.96. The van der Waals surface area contributed by atoms with Gasteiger partial charge in [-0.25, -0.2) is 8.78 Å². The maximum atomic E-state index is 13.1. The zero-order valence-corrected chi connectivity index (χ0v) is 11.5. The third-order valence-electron chi connectivity index (χ3n) is 3.62. The summed E-state index contributed by atoms with van der Waals surface area (Å²) in [6.45, 7) is 8.06. The molecule has 1 heterocycles. The summed E-state index contributed by atoms with van der Waals surface area (Å²) in [5.41, 5.74) is 0.722. The van der Waals surface area contributed by atoms with E-state index in [9.17, 15) is 8.78 Å². The van der Waals surface area contributed by atoms with Crippen LogP contribution in [0.4, 0.5) is 8.78 Å². The number of piperazine rings is 1. The predicted octanol–water partition coefficient (Wildman–Crippen LogP) is 2.88. The number of hydrogen-bond donors (Lipinski definition) is 0. The van der Waals surface area contributed by atoms with Crippen LogP contribution in [0.15, 0.2) is 18.2 Å². The van der Waals surface area contributed by atoms with E-state index in [4.69, 9.17) is 0 Å². The van der Waals surface area contributed by atoms with Crippen molar-refractivity contribution in [3.63, 3.8) is 0 Å². The van der Waals surface area contributed by atoms with Crippen molar-refractivity contribution >= 4 is 0 Å². The van der Waals surface area contributed by atoms with Crippen LogP contribution >= 0.6 is 0 Å². The first-order valence-corrected chi connectivity index (χ1v) is 7.07. The van der Waals surface area contributed by atoms with E-state index in [0.29, 0.717) is 6.54 Å². The third-order valence-corrected chi connectivity index (χ3v) is 3.62. The normalized spacial score (nSPS) is 17.8. The van der Waals surface area contributed by atoms with Gasteiger partial charge in [0.15, 0.2) is 0 Å². The maximum absolute atomic E-state index is 13.1. The lowest BCUT2D eigenvalue weighted by atomic mass is 10.2. The fraction of sp³-hybridized carbons (Fsp3) is 0.600. The summed E-state index contributed by atoms with van der Waals surface area (Å²) in [5, 5.41) is 0. The molecule has 0 spiro atoms. The van der Waals surface area contributed by atoms with Crippen molar-refractivity contribution in [1.82, 2.24) is 9.80 Å². The smallest absolute Gasteiger partial charge is 0.126 e. The predicted molar refractivity (Wildman–Crippen MR) is 73.0 cm³/mol. The molecule has 0 unspecified atom stereocenters. The zero-order valence-electron chi connectivity index (χ0n) is 11.5. The van der Waals surface area contributed by atoms with Crippen molar-refractivity contribution in [3.05, 3.63) is 35.4 Å². The Morgan fingerprint density at radius 1 is 0.947 bits per heavy atom. The van der Waals surface area contributed by atoms with Crippen LogP contribution in [0.3, 0.4) is 0 Å². The quantitative estimate of drug-likeness (QED) is 0.810. The minimum absolute atomic E-state index is 0.489. The van der Waals surface area contributed by atoms with E-state index in [1.54, 1.807) is 0 Å². The van der Waals surface area contributed by atoms with Gasteiger partial charge in [0.25, 0.3) is 0 Å². The van der Waals surface area contributed by atoms with Crippen molar-refractivity contribution in [2.75, 3.05) is 32.7 Å². The van der Waals surface area contributed by atoms with Gasteiger partial charge in [0, 0.05) is 38.8 Å². The van der Waals surface area contributed by atoms with Crippen molar-refractivity contribution in [3.8, 4) is 0 Å². The maximum Gasteiger partial charge on any atom is 0.126 e. The SMILES string of the molecule is CCCCN1CCN(Cc2cc(F)cc(F)c2)CC1. The number of benzene rings is 1. The van der Waals surface area contributed by atoms with Crippen LogP contribution in [0.5, 0.6) is 0 Å². The second-order valence-electron chi connectivity index (χ2n) is 5.25. The minimum atomic E-state index is -0.489. The fourth-order valence-corrected chi connectivity index (χ4v) is 2.51. The highest BCUT2D eigenvalue weighted by molar-refractivity contribution is 5.17. The summed E-state index contributed by atoms with van der Waals surface area (Å²) in [7, 11) is 0. The largest absolute Gasteiger partial charge is 0.301 e. The monoisotopic (exact) mass is 268 g/mol. The summed E-state index contributed by atoms with van der Waals surface area (Å²) in [6.07, 6.45) is 2.47. The van der Waals surface area contributed by atoms with Crippen LogP contribution in [0.1, 0.15) is 25.3 Å². The first kappa shape index (κ1) is 14.4. The molecule has 0 saturated carbocycles. The lowest BCUT2D eigenvalue weighted by molar-refractivity contribution is 0.126. The molecular formula is C15H22F2N2. The molecule has 0 aliphatic carbocycles. The molecule has 0 bridgehead atoms. The lowest BCUT2D eigenvalue weighted by Crippen LogP contribution is -2.46. The Hall–Kier alpha value is -1.00. The lowest BCUT2D eigenvalue weighted by Gasteiger charge is -2.34. The molecule has 106 valence electrons. The Kier molecular flexibility index (Phi) is 5.28. The minimum Gasteiger partial charge on any atom is -0.301 e. The third kappa shape index (κ3) is 4.55. The van der Waals surface area contributed by atoms with E-state index in [0.717, 1.165) is 37.8 Å². The first-order chi connectivity index (χ1) is 9.17. The molecular weight excluding hydrogens is 246 g/mol. The molecule has 0 radical (unpaired) electrons. The highest BCUT2D eigenvalue weighted by Crippen LogP contribution is 2.12. The van der Waals surface area contributed by atoms with Gasteiger partial charge in [0.2, 0.25) is 0 Å². The van der Waals surface area contributed by atoms with E-state index < -0.39 is 11.6 Å². The highest BCUT2D eigenvalue weighted by atomic mass is 19.1. The topological polar surface area (TPSA) is 6.48 Å². The van der Waals surface area contributed by atoms with E-state index in [1.165, 1.54) is 31.5 Å². The first-order valence-electron chi connectivity index (χ1n) is 7.07. The number of nitrogens with zero attached hydrogens (tertiary/aromatic N) is 2. The molecule has 1 aromatic rings. The molecule has 1 fully saturated rings. The van der Waals surface area contributed by atoms with Crippen LogP contribution in [0.2, 0.25) is 0 Å². The summed E-state index contributed by atoms with van der Waals surface area (Å²) in [6, 6.07) is 3.77. The van der Waals surface area contributed by atoms with Gasteiger partial charge in [-0.2, -0.15) is 0 Å².